The standard InChI is InChI=1S/C10H10N2O3S/c1-3-4-8(13)12-10-11-7(6-16-10)5-9(14)15-2/h1,6H,4-5H2,2H3,(H,11,12,13). The molecule has 0 bridgehead atoms. The lowest BCUT2D eigenvalue weighted by Crippen LogP contribution is -2.10. The van der Waals surface area contributed by atoms with Crippen LogP contribution in [0.1, 0.15) is 12.1 Å². The molecule has 1 amide bonds. The van der Waals surface area contributed by atoms with E-state index < -0.39 is 0 Å². The number of esters is 1. The molecule has 0 saturated heterocycles. The van der Waals surface area contributed by atoms with Gasteiger partial charge in [-0.05, 0) is 0 Å². The Morgan fingerprint density at radius 2 is 2.44 bits per heavy atom. The van der Waals surface area contributed by atoms with E-state index in [1.54, 1.807) is 5.38 Å². The summed E-state index contributed by atoms with van der Waals surface area (Å²) in [5.74, 6) is 1.57. The van der Waals surface area contributed by atoms with Gasteiger partial charge in [0.1, 0.15) is 0 Å². The Hall–Kier alpha value is -1.87. The van der Waals surface area contributed by atoms with Crippen molar-refractivity contribution < 1.29 is 14.3 Å². The van der Waals surface area contributed by atoms with E-state index in [1.807, 2.05) is 0 Å². The Morgan fingerprint density at radius 1 is 1.69 bits per heavy atom. The molecule has 0 aromatic carbocycles. The summed E-state index contributed by atoms with van der Waals surface area (Å²) < 4.78 is 4.49. The number of nitrogens with one attached hydrogen (secondary N) is 1. The van der Waals surface area contributed by atoms with Gasteiger partial charge in [-0.25, -0.2) is 4.98 Å². The molecule has 1 heterocycles. The predicted molar refractivity (Wildman–Crippen MR) is 59.9 cm³/mol. The number of carbonyl (C=O) groups excluding carboxylic acids is 2. The first-order valence-corrected chi connectivity index (χ1v) is 5.28. The molecule has 5 nitrogen and oxygen atoms in total. The topological polar surface area (TPSA) is 68.3 Å². The molecule has 1 aromatic heterocycles. The molecule has 16 heavy (non-hydrogen) atoms. The highest BCUT2D eigenvalue weighted by atomic mass is 32.1. The smallest absolute Gasteiger partial charge is 0.311 e. The number of thiazole rings is 1. The highest BCUT2D eigenvalue weighted by molar-refractivity contribution is 7.13. The number of amides is 1. The maximum Gasteiger partial charge on any atom is 0.311 e. The van der Waals surface area contributed by atoms with E-state index in [-0.39, 0.29) is 24.7 Å². The molecule has 0 spiro atoms. The summed E-state index contributed by atoms with van der Waals surface area (Å²) >= 11 is 1.24. The molecule has 0 atom stereocenters. The molecule has 0 aliphatic rings. The van der Waals surface area contributed by atoms with Crippen LogP contribution in [-0.4, -0.2) is 24.0 Å². The maximum atomic E-state index is 11.1. The van der Waals surface area contributed by atoms with Crippen LogP contribution >= 0.6 is 11.3 Å². The van der Waals surface area contributed by atoms with Gasteiger partial charge in [0, 0.05) is 5.38 Å². The zero-order valence-corrected chi connectivity index (χ0v) is 9.47. The molecular weight excluding hydrogens is 228 g/mol. The zero-order valence-electron chi connectivity index (χ0n) is 8.65. The van der Waals surface area contributed by atoms with Gasteiger partial charge in [-0.2, -0.15) is 0 Å². The number of aromatic nitrogens is 1. The van der Waals surface area contributed by atoms with Gasteiger partial charge in [0.15, 0.2) is 5.13 Å². The van der Waals surface area contributed by atoms with Crippen molar-refractivity contribution in [1.29, 1.82) is 0 Å². The number of hydrogen-bond donors (Lipinski definition) is 1. The third-order valence-electron chi connectivity index (χ3n) is 1.61. The van der Waals surface area contributed by atoms with Gasteiger partial charge in [-0.3, -0.25) is 9.59 Å². The summed E-state index contributed by atoms with van der Waals surface area (Å²) in [6.07, 6.45) is 5.08. The normalized spacial score (nSPS) is 9.25. The van der Waals surface area contributed by atoms with E-state index in [4.69, 9.17) is 6.42 Å². The van der Waals surface area contributed by atoms with Crippen LogP contribution in [0.3, 0.4) is 0 Å². The molecule has 1 N–H and O–H groups in total. The number of carbonyl (C=O) groups is 2. The number of ether oxygens (including phenoxy) is 1. The van der Waals surface area contributed by atoms with Crippen LogP contribution in [0.2, 0.25) is 0 Å². The lowest BCUT2D eigenvalue weighted by atomic mass is 10.3. The maximum absolute atomic E-state index is 11.1. The molecule has 0 aliphatic carbocycles. The zero-order chi connectivity index (χ0) is 12.0. The third kappa shape index (κ3) is 3.71. The molecule has 0 fully saturated rings. The summed E-state index contributed by atoms with van der Waals surface area (Å²) in [4.78, 5) is 26.1. The molecular formula is C10H10N2O3S. The van der Waals surface area contributed by atoms with Crippen molar-refractivity contribution in [2.24, 2.45) is 0 Å². The van der Waals surface area contributed by atoms with Crippen LogP contribution in [0.4, 0.5) is 5.13 Å². The van der Waals surface area contributed by atoms with Gasteiger partial charge < -0.3 is 10.1 Å². The van der Waals surface area contributed by atoms with E-state index in [1.165, 1.54) is 18.4 Å². The second-order valence-corrected chi connectivity index (χ2v) is 3.68. The Labute approximate surface area is 96.8 Å². The predicted octanol–water partition coefficient (Wildman–Crippen LogP) is 0.820. The molecule has 0 saturated carbocycles. The molecule has 6 heteroatoms. The number of nitrogens with zero attached hydrogens (tertiary/aromatic N) is 1. The minimum atomic E-state index is -0.369. The largest absolute Gasteiger partial charge is 0.469 e. The molecule has 1 aromatic rings. The Balaban J connectivity index is 2.55. The Morgan fingerprint density at radius 3 is 3.06 bits per heavy atom. The van der Waals surface area contributed by atoms with Crippen molar-refractivity contribution >= 4 is 28.3 Å². The summed E-state index contributed by atoms with van der Waals surface area (Å²) in [6.45, 7) is 0. The van der Waals surface area contributed by atoms with Crippen LogP contribution in [0.5, 0.6) is 0 Å². The van der Waals surface area contributed by atoms with Gasteiger partial charge in [0.05, 0.1) is 25.6 Å². The van der Waals surface area contributed by atoms with E-state index in [0.29, 0.717) is 10.8 Å². The fourth-order valence-electron chi connectivity index (χ4n) is 0.922. The Kier molecular flexibility index (Phi) is 4.48. The van der Waals surface area contributed by atoms with Crippen molar-refractivity contribution in [2.45, 2.75) is 12.8 Å². The van der Waals surface area contributed by atoms with Crippen LogP contribution in [0.25, 0.3) is 0 Å². The second kappa shape index (κ2) is 5.88. The minimum Gasteiger partial charge on any atom is -0.469 e. The van der Waals surface area contributed by atoms with Gasteiger partial charge >= 0.3 is 5.97 Å². The fraction of sp³-hybridized carbons (Fsp3) is 0.300. The van der Waals surface area contributed by atoms with Crippen molar-refractivity contribution in [2.75, 3.05) is 12.4 Å². The van der Waals surface area contributed by atoms with Gasteiger partial charge in [-0.1, -0.05) is 5.92 Å². The van der Waals surface area contributed by atoms with E-state index >= 15 is 0 Å². The third-order valence-corrected chi connectivity index (χ3v) is 2.42. The lowest BCUT2D eigenvalue weighted by molar-refractivity contribution is -0.139. The molecule has 0 radical (unpaired) electrons. The van der Waals surface area contributed by atoms with E-state index in [2.05, 4.69) is 21.0 Å². The minimum absolute atomic E-state index is 0.00587. The fourth-order valence-corrected chi connectivity index (χ4v) is 1.65. The average Bonchev–Trinajstić information content (AvgIpc) is 2.65. The first kappa shape index (κ1) is 12.2. The van der Waals surface area contributed by atoms with E-state index in [0.717, 1.165) is 0 Å². The quantitative estimate of drug-likeness (QED) is 0.623. The number of methoxy groups -OCH3 is 1. The number of terminal acetylenes is 1. The van der Waals surface area contributed by atoms with Crippen molar-refractivity contribution in [3.63, 3.8) is 0 Å². The molecule has 0 unspecified atom stereocenters. The highest BCUT2D eigenvalue weighted by Gasteiger charge is 2.09. The van der Waals surface area contributed by atoms with E-state index in [9.17, 15) is 9.59 Å². The van der Waals surface area contributed by atoms with Crippen LogP contribution < -0.4 is 5.32 Å². The van der Waals surface area contributed by atoms with Crippen molar-refractivity contribution in [3.05, 3.63) is 11.1 Å². The highest BCUT2D eigenvalue weighted by Crippen LogP contribution is 2.16. The first-order valence-electron chi connectivity index (χ1n) is 4.40. The summed E-state index contributed by atoms with van der Waals surface area (Å²) in [6, 6.07) is 0. The molecule has 1 rings (SSSR count). The monoisotopic (exact) mass is 238 g/mol. The van der Waals surface area contributed by atoms with Crippen LogP contribution in [0.15, 0.2) is 5.38 Å². The number of hydrogen-bond acceptors (Lipinski definition) is 5. The van der Waals surface area contributed by atoms with Crippen molar-refractivity contribution in [3.8, 4) is 12.3 Å². The number of rotatable bonds is 4. The average molecular weight is 238 g/mol. The SMILES string of the molecule is C#CCC(=O)Nc1nc(CC(=O)OC)cs1. The second-order valence-electron chi connectivity index (χ2n) is 2.83. The number of anilines is 1. The van der Waals surface area contributed by atoms with Crippen LogP contribution in [0, 0.1) is 12.3 Å². The van der Waals surface area contributed by atoms with Gasteiger partial charge in [-0.15, -0.1) is 17.8 Å². The van der Waals surface area contributed by atoms with Crippen molar-refractivity contribution in [1.82, 2.24) is 4.98 Å². The van der Waals surface area contributed by atoms with Gasteiger partial charge in [0.25, 0.3) is 0 Å². The Bertz CT molecular complexity index is 434. The molecule has 84 valence electrons. The first-order chi connectivity index (χ1) is 7.65. The summed E-state index contributed by atoms with van der Waals surface area (Å²) in [7, 11) is 1.31. The summed E-state index contributed by atoms with van der Waals surface area (Å²) in [5.41, 5.74) is 0.563. The van der Waals surface area contributed by atoms with Crippen LogP contribution in [-0.2, 0) is 20.7 Å². The van der Waals surface area contributed by atoms with Gasteiger partial charge in [0.2, 0.25) is 5.91 Å². The lowest BCUT2D eigenvalue weighted by Gasteiger charge is -1.96. The molecule has 0 aliphatic heterocycles. The summed E-state index contributed by atoms with van der Waals surface area (Å²) in [5, 5.41) is 4.64.